The fourth-order valence-electron chi connectivity index (χ4n) is 1.54. The molecular weight excluding hydrogens is 274 g/mol. The number of hydrogen-bond acceptors (Lipinski definition) is 3. The average molecular weight is 288 g/mol. The Kier molecular flexibility index (Phi) is 5.15. The van der Waals surface area contributed by atoms with Crippen molar-refractivity contribution in [2.45, 2.75) is 0 Å². The Balaban J connectivity index is 1.78. The molecule has 0 fully saturated rings. The fourth-order valence-corrected chi connectivity index (χ4v) is 1.74. The van der Waals surface area contributed by atoms with Gasteiger partial charge in [-0.1, -0.05) is 41.9 Å². The first-order valence-corrected chi connectivity index (χ1v) is 6.48. The molecule has 0 radical (unpaired) electrons. The van der Waals surface area contributed by atoms with E-state index in [0.717, 1.165) is 11.3 Å². The largest absolute Gasteiger partial charge is 0.376 e. The van der Waals surface area contributed by atoms with Crippen LogP contribution in [0.4, 0.5) is 5.69 Å². The van der Waals surface area contributed by atoms with Crippen LogP contribution >= 0.6 is 11.6 Å². The summed E-state index contributed by atoms with van der Waals surface area (Å²) in [6.45, 7) is 0.164. The highest BCUT2D eigenvalue weighted by Gasteiger charge is 1.98. The average Bonchev–Trinajstić information content (AvgIpc) is 2.46. The number of halogens is 1. The third-order valence-electron chi connectivity index (χ3n) is 2.48. The molecule has 102 valence electrons. The molecule has 0 saturated carbocycles. The quantitative estimate of drug-likeness (QED) is 0.656. The number of carbonyl (C=O) groups excluding carboxylic acids is 1. The van der Waals surface area contributed by atoms with E-state index < -0.39 is 0 Å². The number of hydrazone groups is 1. The Bertz CT molecular complexity index is 599. The second-order valence-electron chi connectivity index (χ2n) is 4.07. The molecule has 2 aromatic carbocycles. The van der Waals surface area contributed by atoms with Crippen LogP contribution in [-0.4, -0.2) is 18.7 Å². The number of rotatable bonds is 5. The Morgan fingerprint density at radius 3 is 2.70 bits per heavy atom. The maximum Gasteiger partial charge on any atom is 0.259 e. The monoisotopic (exact) mass is 287 g/mol. The predicted molar refractivity (Wildman–Crippen MR) is 82.1 cm³/mol. The van der Waals surface area contributed by atoms with Gasteiger partial charge in [-0.05, 0) is 29.8 Å². The van der Waals surface area contributed by atoms with Crippen molar-refractivity contribution in [3.05, 3.63) is 65.2 Å². The van der Waals surface area contributed by atoms with Crippen molar-refractivity contribution in [1.29, 1.82) is 0 Å². The first-order valence-electron chi connectivity index (χ1n) is 6.10. The lowest BCUT2D eigenvalue weighted by molar-refractivity contribution is -0.119. The van der Waals surface area contributed by atoms with Gasteiger partial charge in [0.2, 0.25) is 0 Å². The zero-order valence-electron chi connectivity index (χ0n) is 10.7. The van der Waals surface area contributed by atoms with Crippen LogP contribution in [0.15, 0.2) is 59.7 Å². The molecule has 0 aliphatic rings. The third kappa shape index (κ3) is 4.74. The Labute approximate surface area is 122 Å². The summed E-state index contributed by atoms with van der Waals surface area (Å²) >= 11 is 5.84. The zero-order chi connectivity index (χ0) is 14.2. The summed E-state index contributed by atoms with van der Waals surface area (Å²) in [6, 6.07) is 16.7. The SMILES string of the molecule is O=C(CNc1ccccc1)N/N=C\c1cccc(Cl)c1. The van der Waals surface area contributed by atoms with E-state index in [0.29, 0.717) is 5.02 Å². The van der Waals surface area contributed by atoms with Crippen LogP contribution in [-0.2, 0) is 4.79 Å². The molecule has 20 heavy (non-hydrogen) atoms. The van der Waals surface area contributed by atoms with E-state index in [1.807, 2.05) is 42.5 Å². The smallest absolute Gasteiger partial charge is 0.259 e. The van der Waals surface area contributed by atoms with Gasteiger partial charge >= 0.3 is 0 Å². The van der Waals surface area contributed by atoms with Crippen molar-refractivity contribution in [3.8, 4) is 0 Å². The fraction of sp³-hybridized carbons (Fsp3) is 0.0667. The molecule has 0 aliphatic carbocycles. The molecule has 4 nitrogen and oxygen atoms in total. The van der Waals surface area contributed by atoms with Gasteiger partial charge in [0.05, 0.1) is 12.8 Å². The molecule has 1 amide bonds. The van der Waals surface area contributed by atoms with E-state index in [2.05, 4.69) is 15.8 Å². The molecule has 0 unspecified atom stereocenters. The minimum absolute atomic E-state index is 0.164. The van der Waals surface area contributed by atoms with Gasteiger partial charge < -0.3 is 5.32 Å². The summed E-state index contributed by atoms with van der Waals surface area (Å²) in [5.74, 6) is -0.216. The highest BCUT2D eigenvalue weighted by atomic mass is 35.5. The van der Waals surface area contributed by atoms with E-state index in [1.54, 1.807) is 18.3 Å². The van der Waals surface area contributed by atoms with Crippen molar-refractivity contribution < 1.29 is 4.79 Å². The molecule has 5 heteroatoms. The van der Waals surface area contributed by atoms with Crippen LogP contribution in [0.2, 0.25) is 5.02 Å². The van der Waals surface area contributed by atoms with Gasteiger partial charge in [-0.25, -0.2) is 5.43 Å². The minimum Gasteiger partial charge on any atom is -0.376 e. The summed E-state index contributed by atoms with van der Waals surface area (Å²) in [5.41, 5.74) is 4.16. The maximum atomic E-state index is 11.6. The van der Waals surface area contributed by atoms with Crippen molar-refractivity contribution in [2.24, 2.45) is 5.10 Å². The molecule has 2 aromatic rings. The highest BCUT2D eigenvalue weighted by molar-refractivity contribution is 6.30. The lowest BCUT2D eigenvalue weighted by Crippen LogP contribution is -2.25. The summed E-state index contributed by atoms with van der Waals surface area (Å²) in [7, 11) is 0. The first-order chi connectivity index (χ1) is 9.74. The maximum absolute atomic E-state index is 11.6. The Morgan fingerprint density at radius 2 is 1.95 bits per heavy atom. The van der Waals surface area contributed by atoms with Crippen LogP contribution in [0.25, 0.3) is 0 Å². The van der Waals surface area contributed by atoms with Crippen molar-refractivity contribution >= 4 is 29.4 Å². The van der Waals surface area contributed by atoms with Crippen LogP contribution in [0, 0.1) is 0 Å². The second-order valence-corrected chi connectivity index (χ2v) is 4.50. The molecule has 2 N–H and O–H groups in total. The minimum atomic E-state index is -0.216. The van der Waals surface area contributed by atoms with Crippen molar-refractivity contribution in [2.75, 3.05) is 11.9 Å². The first kappa shape index (κ1) is 14.1. The molecule has 0 spiro atoms. The summed E-state index contributed by atoms with van der Waals surface area (Å²) in [6.07, 6.45) is 1.55. The van der Waals surface area contributed by atoms with Crippen molar-refractivity contribution in [3.63, 3.8) is 0 Å². The topological polar surface area (TPSA) is 53.5 Å². The third-order valence-corrected chi connectivity index (χ3v) is 2.71. The summed E-state index contributed by atoms with van der Waals surface area (Å²) in [5, 5.41) is 7.50. The highest BCUT2D eigenvalue weighted by Crippen LogP contribution is 2.08. The number of hydrogen-bond donors (Lipinski definition) is 2. The number of benzene rings is 2. The van der Waals surface area contributed by atoms with E-state index in [4.69, 9.17) is 11.6 Å². The van der Waals surface area contributed by atoms with Crippen LogP contribution < -0.4 is 10.7 Å². The van der Waals surface area contributed by atoms with Crippen molar-refractivity contribution in [1.82, 2.24) is 5.43 Å². The van der Waals surface area contributed by atoms with E-state index >= 15 is 0 Å². The van der Waals surface area contributed by atoms with Gasteiger partial charge in [0.25, 0.3) is 5.91 Å². The number of para-hydroxylation sites is 1. The molecule has 0 saturated heterocycles. The standard InChI is InChI=1S/C15H14ClN3O/c16-13-6-4-5-12(9-13)10-18-19-15(20)11-17-14-7-2-1-3-8-14/h1-10,17H,11H2,(H,19,20)/b18-10-. The number of nitrogens with one attached hydrogen (secondary N) is 2. The van der Waals surface area contributed by atoms with Gasteiger partial charge in [0.15, 0.2) is 0 Å². The number of nitrogens with zero attached hydrogens (tertiary/aromatic N) is 1. The van der Waals surface area contributed by atoms with Gasteiger partial charge in [0.1, 0.15) is 0 Å². The summed E-state index contributed by atoms with van der Waals surface area (Å²) in [4.78, 5) is 11.6. The van der Waals surface area contributed by atoms with Gasteiger partial charge in [-0.15, -0.1) is 0 Å². The number of amides is 1. The van der Waals surface area contributed by atoms with Crippen LogP contribution in [0.3, 0.4) is 0 Å². The molecular formula is C15H14ClN3O. The molecule has 0 heterocycles. The molecule has 0 aliphatic heterocycles. The lowest BCUT2D eigenvalue weighted by Gasteiger charge is -2.04. The lowest BCUT2D eigenvalue weighted by atomic mass is 10.2. The number of anilines is 1. The van der Waals surface area contributed by atoms with Crippen LogP contribution in [0.5, 0.6) is 0 Å². The van der Waals surface area contributed by atoms with E-state index in [9.17, 15) is 4.79 Å². The Morgan fingerprint density at radius 1 is 1.15 bits per heavy atom. The van der Waals surface area contributed by atoms with E-state index in [-0.39, 0.29) is 12.5 Å². The van der Waals surface area contributed by atoms with Gasteiger partial charge in [-0.2, -0.15) is 5.10 Å². The molecule has 2 rings (SSSR count). The van der Waals surface area contributed by atoms with Gasteiger partial charge in [-0.3, -0.25) is 4.79 Å². The normalized spacial score (nSPS) is 10.4. The number of carbonyl (C=O) groups is 1. The van der Waals surface area contributed by atoms with Gasteiger partial charge in [0, 0.05) is 10.7 Å². The summed E-state index contributed by atoms with van der Waals surface area (Å²) < 4.78 is 0. The molecule has 0 aromatic heterocycles. The predicted octanol–water partition coefficient (Wildman–Crippen LogP) is 2.90. The Hall–Kier alpha value is -2.33. The molecule has 0 atom stereocenters. The zero-order valence-corrected chi connectivity index (χ0v) is 11.5. The van der Waals surface area contributed by atoms with E-state index in [1.165, 1.54) is 0 Å². The van der Waals surface area contributed by atoms with Crippen LogP contribution in [0.1, 0.15) is 5.56 Å². The molecule has 0 bridgehead atoms. The second kappa shape index (κ2) is 7.31.